The van der Waals surface area contributed by atoms with Crippen molar-refractivity contribution in [3.05, 3.63) is 23.8 Å². The molecule has 1 aliphatic heterocycles. The van der Waals surface area contributed by atoms with Crippen LogP contribution in [0.2, 0.25) is 0 Å². The van der Waals surface area contributed by atoms with E-state index >= 15 is 0 Å². The van der Waals surface area contributed by atoms with Crippen molar-refractivity contribution in [1.82, 2.24) is 5.32 Å². The quantitative estimate of drug-likeness (QED) is 0.773. The van der Waals surface area contributed by atoms with Gasteiger partial charge in [-0.15, -0.1) is 0 Å². The zero-order chi connectivity index (χ0) is 15.1. The summed E-state index contributed by atoms with van der Waals surface area (Å²) in [5.41, 5.74) is 1.30. The van der Waals surface area contributed by atoms with E-state index in [1.807, 2.05) is 13.1 Å². The van der Waals surface area contributed by atoms with Gasteiger partial charge in [-0.2, -0.15) is 0 Å². The van der Waals surface area contributed by atoms with Crippen molar-refractivity contribution < 1.29 is 9.47 Å². The number of nitrogens with one attached hydrogen (secondary N) is 1. The van der Waals surface area contributed by atoms with E-state index in [1.54, 1.807) is 0 Å². The summed E-state index contributed by atoms with van der Waals surface area (Å²) in [5.74, 6) is 2.55. The molecule has 1 aromatic rings. The summed E-state index contributed by atoms with van der Waals surface area (Å²) in [4.78, 5) is 0. The van der Waals surface area contributed by atoms with Crippen LogP contribution in [0, 0.1) is 5.92 Å². The Morgan fingerprint density at radius 3 is 2.57 bits per heavy atom. The van der Waals surface area contributed by atoms with Gasteiger partial charge in [0.15, 0.2) is 11.5 Å². The zero-order valence-corrected chi connectivity index (χ0v) is 13.7. The highest BCUT2D eigenvalue weighted by Gasteiger charge is 2.18. The fraction of sp³-hybridized carbons (Fsp3) is 0.667. The summed E-state index contributed by atoms with van der Waals surface area (Å²) in [6.07, 6.45) is 6.38. The standard InChI is InChI=1S/C18H29NO2/c1-4-6-7-14(5-2)12-16(19-3)15-8-9-17-18(13-15)21-11-10-20-17/h8-9,13-14,16,19H,4-7,10-12H2,1-3H3. The minimum atomic E-state index is 0.391. The average Bonchev–Trinajstić information content (AvgIpc) is 2.55. The van der Waals surface area contributed by atoms with E-state index in [9.17, 15) is 0 Å². The predicted molar refractivity (Wildman–Crippen MR) is 87.2 cm³/mol. The van der Waals surface area contributed by atoms with Gasteiger partial charge < -0.3 is 14.8 Å². The second kappa shape index (κ2) is 8.28. The first-order chi connectivity index (χ1) is 10.3. The van der Waals surface area contributed by atoms with Gasteiger partial charge in [-0.05, 0) is 37.1 Å². The highest BCUT2D eigenvalue weighted by atomic mass is 16.6. The maximum Gasteiger partial charge on any atom is 0.161 e. The Bertz CT molecular complexity index is 433. The van der Waals surface area contributed by atoms with Gasteiger partial charge in [0.05, 0.1) is 0 Å². The molecule has 0 saturated heterocycles. The molecule has 0 spiro atoms. The van der Waals surface area contributed by atoms with Crippen LogP contribution in [-0.4, -0.2) is 20.3 Å². The van der Waals surface area contributed by atoms with Crippen molar-refractivity contribution in [2.75, 3.05) is 20.3 Å². The molecule has 1 N–H and O–H groups in total. The molecule has 3 nitrogen and oxygen atoms in total. The first-order valence-corrected chi connectivity index (χ1v) is 8.35. The molecule has 2 atom stereocenters. The Kier molecular flexibility index (Phi) is 6.37. The summed E-state index contributed by atoms with van der Waals surface area (Å²) < 4.78 is 11.3. The van der Waals surface area contributed by atoms with E-state index in [-0.39, 0.29) is 0 Å². The minimum absolute atomic E-state index is 0.391. The van der Waals surface area contributed by atoms with Crippen LogP contribution in [0.1, 0.15) is 57.6 Å². The number of benzene rings is 1. The SMILES string of the molecule is CCCCC(CC)CC(NC)c1ccc2c(c1)OCCO2. The number of ether oxygens (including phenoxy) is 2. The molecule has 0 fully saturated rings. The molecule has 1 aromatic carbocycles. The molecule has 0 bridgehead atoms. The molecule has 1 aliphatic rings. The molecule has 0 aromatic heterocycles. The lowest BCUT2D eigenvalue weighted by Gasteiger charge is -2.25. The molecule has 118 valence electrons. The van der Waals surface area contributed by atoms with Crippen LogP contribution < -0.4 is 14.8 Å². The van der Waals surface area contributed by atoms with Crippen molar-refractivity contribution >= 4 is 0 Å². The van der Waals surface area contributed by atoms with Crippen LogP contribution in [-0.2, 0) is 0 Å². The molecule has 1 heterocycles. The van der Waals surface area contributed by atoms with E-state index in [0.717, 1.165) is 17.4 Å². The number of hydrogen-bond acceptors (Lipinski definition) is 3. The smallest absolute Gasteiger partial charge is 0.161 e. The molecule has 3 heteroatoms. The first-order valence-electron chi connectivity index (χ1n) is 8.35. The van der Waals surface area contributed by atoms with Gasteiger partial charge in [-0.3, -0.25) is 0 Å². The predicted octanol–water partition coefficient (Wildman–Crippen LogP) is 4.32. The first kappa shape index (κ1) is 16.2. The van der Waals surface area contributed by atoms with E-state index in [2.05, 4.69) is 31.3 Å². The fourth-order valence-electron chi connectivity index (χ4n) is 3.01. The van der Waals surface area contributed by atoms with E-state index in [4.69, 9.17) is 9.47 Å². The Hall–Kier alpha value is -1.22. The monoisotopic (exact) mass is 291 g/mol. The lowest BCUT2D eigenvalue weighted by Crippen LogP contribution is -2.21. The molecule has 2 unspecified atom stereocenters. The van der Waals surface area contributed by atoms with Crippen molar-refractivity contribution in [1.29, 1.82) is 0 Å². The van der Waals surface area contributed by atoms with Gasteiger partial charge >= 0.3 is 0 Å². The van der Waals surface area contributed by atoms with Gasteiger partial charge in [0.1, 0.15) is 13.2 Å². The van der Waals surface area contributed by atoms with Gasteiger partial charge in [0.25, 0.3) is 0 Å². The van der Waals surface area contributed by atoms with Crippen LogP contribution in [0.4, 0.5) is 0 Å². The molecule has 0 amide bonds. The summed E-state index contributed by atoms with van der Waals surface area (Å²) in [6.45, 7) is 5.87. The summed E-state index contributed by atoms with van der Waals surface area (Å²) in [7, 11) is 2.05. The maximum atomic E-state index is 5.70. The van der Waals surface area contributed by atoms with Gasteiger partial charge in [-0.25, -0.2) is 0 Å². The highest BCUT2D eigenvalue weighted by molar-refractivity contribution is 5.44. The Balaban J connectivity index is 2.05. The van der Waals surface area contributed by atoms with E-state index < -0.39 is 0 Å². The van der Waals surface area contributed by atoms with Gasteiger partial charge in [0, 0.05) is 6.04 Å². The Morgan fingerprint density at radius 2 is 1.90 bits per heavy atom. The van der Waals surface area contributed by atoms with Gasteiger partial charge in [-0.1, -0.05) is 45.6 Å². The van der Waals surface area contributed by atoms with Crippen LogP contribution in [0.3, 0.4) is 0 Å². The molecule has 0 aliphatic carbocycles. The molecular weight excluding hydrogens is 262 g/mol. The second-order valence-electron chi connectivity index (χ2n) is 5.90. The third-order valence-corrected chi connectivity index (χ3v) is 4.43. The van der Waals surface area contributed by atoms with Crippen LogP contribution in [0.5, 0.6) is 11.5 Å². The van der Waals surface area contributed by atoms with Crippen LogP contribution in [0.25, 0.3) is 0 Å². The average molecular weight is 291 g/mol. The van der Waals surface area contributed by atoms with Crippen molar-refractivity contribution in [3.63, 3.8) is 0 Å². The molecule has 0 radical (unpaired) electrons. The maximum absolute atomic E-state index is 5.70. The topological polar surface area (TPSA) is 30.5 Å². The lowest BCUT2D eigenvalue weighted by atomic mass is 9.89. The molecular formula is C18H29NO2. The number of unbranched alkanes of at least 4 members (excludes halogenated alkanes) is 1. The van der Waals surface area contributed by atoms with Crippen LogP contribution >= 0.6 is 0 Å². The Labute approximate surface area is 129 Å². The summed E-state index contributed by atoms with van der Waals surface area (Å²) in [6, 6.07) is 6.74. The van der Waals surface area contributed by atoms with Gasteiger partial charge in [0.2, 0.25) is 0 Å². The fourth-order valence-corrected chi connectivity index (χ4v) is 3.01. The van der Waals surface area contributed by atoms with Crippen LogP contribution in [0.15, 0.2) is 18.2 Å². The number of rotatable bonds is 8. The highest BCUT2D eigenvalue weighted by Crippen LogP contribution is 2.34. The Morgan fingerprint density at radius 1 is 1.14 bits per heavy atom. The molecule has 0 saturated carbocycles. The van der Waals surface area contributed by atoms with Crippen molar-refractivity contribution in [2.45, 2.75) is 52.0 Å². The third-order valence-electron chi connectivity index (χ3n) is 4.43. The zero-order valence-electron chi connectivity index (χ0n) is 13.7. The summed E-state index contributed by atoms with van der Waals surface area (Å²) in [5, 5.41) is 3.47. The minimum Gasteiger partial charge on any atom is -0.486 e. The normalized spacial score (nSPS) is 16.5. The van der Waals surface area contributed by atoms with E-state index in [0.29, 0.717) is 19.3 Å². The molecule has 21 heavy (non-hydrogen) atoms. The van der Waals surface area contributed by atoms with Crippen molar-refractivity contribution in [3.8, 4) is 11.5 Å². The van der Waals surface area contributed by atoms with Crippen molar-refractivity contribution in [2.24, 2.45) is 5.92 Å². The van der Waals surface area contributed by atoms with E-state index in [1.165, 1.54) is 37.7 Å². The largest absolute Gasteiger partial charge is 0.486 e. The third kappa shape index (κ3) is 4.37. The second-order valence-corrected chi connectivity index (χ2v) is 5.90. The molecule has 2 rings (SSSR count). The lowest BCUT2D eigenvalue weighted by molar-refractivity contribution is 0.171. The summed E-state index contributed by atoms with van der Waals surface area (Å²) >= 11 is 0. The number of hydrogen-bond donors (Lipinski definition) is 1. The number of fused-ring (bicyclic) bond motifs is 1.